The zero-order chi connectivity index (χ0) is 20.4. The van der Waals surface area contributed by atoms with Crippen molar-refractivity contribution in [1.82, 2.24) is 15.2 Å². The molecule has 0 radical (unpaired) electrons. The van der Waals surface area contributed by atoms with Gasteiger partial charge in [-0.1, -0.05) is 36.4 Å². The molecule has 1 saturated heterocycles. The monoisotopic (exact) mass is 401 g/mol. The minimum Gasteiger partial charge on any atom is -0.361 e. The fourth-order valence-corrected chi connectivity index (χ4v) is 3.96. The summed E-state index contributed by atoms with van der Waals surface area (Å²) in [6, 6.07) is 13.1. The van der Waals surface area contributed by atoms with Crippen molar-refractivity contribution in [2.75, 3.05) is 19.6 Å². The number of nitrogens with one attached hydrogen (secondary N) is 2. The number of halogens is 3. The topological polar surface area (TPSA) is 48.1 Å². The summed E-state index contributed by atoms with van der Waals surface area (Å²) in [5.41, 5.74) is 1.67. The summed E-state index contributed by atoms with van der Waals surface area (Å²) in [4.78, 5) is 17.8. The van der Waals surface area contributed by atoms with Crippen LogP contribution in [0.4, 0.5) is 13.2 Å². The number of hydrogen-bond acceptors (Lipinski definition) is 2. The van der Waals surface area contributed by atoms with E-state index in [9.17, 15) is 18.0 Å². The molecule has 0 spiro atoms. The number of H-pyrrole nitrogens is 1. The van der Waals surface area contributed by atoms with Gasteiger partial charge in [-0.2, -0.15) is 13.2 Å². The summed E-state index contributed by atoms with van der Waals surface area (Å²) in [5.74, 6) is -0.0639. The summed E-state index contributed by atoms with van der Waals surface area (Å²) in [7, 11) is 0. The van der Waals surface area contributed by atoms with E-state index in [0.717, 1.165) is 22.5 Å². The predicted octanol–water partition coefficient (Wildman–Crippen LogP) is 3.77. The fraction of sp³-hybridized carbons (Fsp3) is 0.318. The van der Waals surface area contributed by atoms with Gasteiger partial charge in [0, 0.05) is 36.7 Å². The summed E-state index contributed by atoms with van der Waals surface area (Å²) < 4.78 is 39.6. The van der Waals surface area contributed by atoms with Gasteiger partial charge in [0.15, 0.2) is 0 Å². The van der Waals surface area contributed by atoms with Gasteiger partial charge >= 0.3 is 6.18 Å². The van der Waals surface area contributed by atoms with Gasteiger partial charge in [-0.15, -0.1) is 0 Å². The standard InChI is InChI=1S/C22H22F3N3O/c23-22(24,25)18-7-3-1-5-15(18)9-11-28-12-10-26-20(21(28)29)13-16-14-27-19-8-4-2-6-17(16)19/h1-8,14,20,26-27H,9-13H2/t20-/m0/s1. The molecule has 0 bridgehead atoms. The fourth-order valence-electron chi connectivity index (χ4n) is 3.96. The first-order chi connectivity index (χ1) is 13.9. The molecule has 3 aromatic rings. The first kappa shape index (κ1) is 19.5. The first-order valence-corrected chi connectivity index (χ1v) is 9.66. The number of carbonyl (C=O) groups excluding carboxylic acids is 1. The number of aromatic nitrogens is 1. The Morgan fingerprint density at radius 3 is 2.62 bits per heavy atom. The molecule has 4 rings (SSSR count). The van der Waals surface area contributed by atoms with E-state index in [2.05, 4.69) is 10.3 Å². The Morgan fingerprint density at radius 2 is 1.79 bits per heavy atom. The van der Waals surface area contributed by atoms with Gasteiger partial charge in [-0.25, -0.2) is 0 Å². The van der Waals surface area contributed by atoms with Crippen LogP contribution in [0.2, 0.25) is 0 Å². The van der Waals surface area contributed by atoms with E-state index in [0.29, 0.717) is 19.5 Å². The van der Waals surface area contributed by atoms with Crippen LogP contribution in [-0.4, -0.2) is 41.5 Å². The van der Waals surface area contributed by atoms with E-state index in [-0.39, 0.29) is 30.5 Å². The molecule has 7 heteroatoms. The minimum absolute atomic E-state index is 0.0639. The lowest BCUT2D eigenvalue weighted by atomic mass is 10.0. The maximum atomic E-state index is 13.2. The van der Waals surface area contributed by atoms with Gasteiger partial charge in [-0.05, 0) is 36.1 Å². The predicted molar refractivity (Wildman–Crippen MR) is 106 cm³/mol. The number of aromatic amines is 1. The number of para-hydroxylation sites is 1. The Bertz CT molecular complexity index is 1010. The molecule has 1 fully saturated rings. The van der Waals surface area contributed by atoms with Crippen LogP contribution in [0, 0.1) is 0 Å². The number of benzene rings is 2. The minimum atomic E-state index is -4.39. The molecule has 2 N–H and O–H groups in total. The molecule has 2 heterocycles. The van der Waals surface area contributed by atoms with Crippen molar-refractivity contribution < 1.29 is 18.0 Å². The van der Waals surface area contributed by atoms with Gasteiger partial charge in [0.2, 0.25) is 5.91 Å². The summed E-state index contributed by atoms with van der Waals surface area (Å²) in [6.45, 7) is 1.40. The molecule has 152 valence electrons. The second-order valence-corrected chi connectivity index (χ2v) is 7.30. The average Bonchev–Trinajstić information content (AvgIpc) is 3.11. The van der Waals surface area contributed by atoms with Crippen LogP contribution in [0.25, 0.3) is 10.9 Å². The van der Waals surface area contributed by atoms with Crippen molar-refractivity contribution in [3.63, 3.8) is 0 Å². The number of nitrogens with zero attached hydrogens (tertiary/aromatic N) is 1. The Morgan fingerprint density at radius 1 is 1.03 bits per heavy atom. The normalized spacial score (nSPS) is 17.8. The SMILES string of the molecule is O=C1[C@H](Cc2c[nH]c3ccccc23)NCCN1CCc1ccccc1C(F)(F)F. The van der Waals surface area contributed by atoms with Crippen LogP contribution in [-0.2, 0) is 23.8 Å². The molecule has 0 saturated carbocycles. The number of alkyl halides is 3. The van der Waals surface area contributed by atoms with E-state index in [4.69, 9.17) is 0 Å². The lowest BCUT2D eigenvalue weighted by Crippen LogP contribution is -2.56. The maximum absolute atomic E-state index is 13.2. The van der Waals surface area contributed by atoms with E-state index in [1.54, 1.807) is 11.0 Å². The molecule has 2 aromatic carbocycles. The molecule has 0 aliphatic carbocycles. The number of fused-ring (bicyclic) bond motifs is 1. The van der Waals surface area contributed by atoms with Crippen LogP contribution in [0.1, 0.15) is 16.7 Å². The first-order valence-electron chi connectivity index (χ1n) is 9.66. The molecule has 29 heavy (non-hydrogen) atoms. The highest BCUT2D eigenvalue weighted by Gasteiger charge is 2.33. The average molecular weight is 401 g/mol. The second-order valence-electron chi connectivity index (χ2n) is 7.30. The van der Waals surface area contributed by atoms with Crippen LogP contribution in [0.3, 0.4) is 0 Å². The molecule has 1 aliphatic heterocycles. The van der Waals surface area contributed by atoms with Crippen molar-refractivity contribution >= 4 is 16.8 Å². The van der Waals surface area contributed by atoms with Crippen LogP contribution in [0.15, 0.2) is 54.7 Å². The molecule has 4 nitrogen and oxygen atoms in total. The number of piperazine rings is 1. The van der Waals surface area contributed by atoms with E-state index in [1.165, 1.54) is 12.1 Å². The number of carbonyl (C=O) groups is 1. The molecule has 1 aliphatic rings. The largest absolute Gasteiger partial charge is 0.416 e. The van der Waals surface area contributed by atoms with Crippen LogP contribution >= 0.6 is 0 Å². The molecule has 0 unspecified atom stereocenters. The smallest absolute Gasteiger partial charge is 0.361 e. The Labute approximate surface area is 166 Å². The molecule has 1 atom stereocenters. The van der Waals surface area contributed by atoms with E-state index in [1.807, 2.05) is 30.5 Å². The van der Waals surface area contributed by atoms with Gasteiger partial charge in [0.1, 0.15) is 0 Å². The lowest BCUT2D eigenvalue weighted by molar-refractivity contribution is -0.138. The highest BCUT2D eigenvalue weighted by molar-refractivity contribution is 5.86. The number of hydrogen-bond donors (Lipinski definition) is 2. The Kier molecular flexibility index (Phi) is 5.32. The van der Waals surface area contributed by atoms with Crippen molar-refractivity contribution in [2.24, 2.45) is 0 Å². The second kappa shape index (κ2) is 7.91. The van der Waals surface area contributed by atoms with Crippen LogP contribution < -0.4 is 5.32 Å². The van der Waals surface area contributed by atoms with Crippen molar-refractivity contribution in [3.05, 3.63) is 71.4 Å². The van der Waals surface area contributed by atoms with E-state index < -0.39 is 11.7 Å². The van der Waals surface area contributed by atoms with Crippen molar-refractivity contribution in [1.29, 1.82) is 0 Å². The zero-order valence-corrected chi connectivity index (χ0v) is 15.8. The van der Waals surface area contributed by atoms with Gasteiger partial charge < -0.3 is 15.2 Å². The maximum Gasteiger partial charge on any atom is 0.416 e. The van der Waals surface area contributed by atoms with Gasteiger partial charge in [0.25, 0.3) is 0 Å². The van der Waals surface area contributed by atoms with Gasteiger partial charge in [-0.3, -0.25) is 4.79 Å². The zero-order valence-electron chi connectivity index (χ0n) is 15.8. The number of amides is 1. The van der Waals surface area contributed by atoms with Gasteiger partial charge in [0.05, 0.1) is 11.6 Å². The van der Waals surface area contributed by atoms with Crippen molar-refractivity contribution in [3.8, 4) is 0 Å². The molecular formula is C22H22F3N3O. The highest BCUT2D eigenvalue weighted by Crippen LogP contribution is 2.32. The lowest BCUT2D eigenvalue weighted by Gasteiger charge is -2.33. The summed E-state index contributed by atoms with van der Waals surface area (Å²) >= 11 is 0. The molecular weight excluding hydrogens is 379 g/mol. The Balaban J connectivity index is 1.44. The van der Waals surface area contributed by atoms with Crippen LogP contribution in [0.5, 0.6) is 0 Å². The third-order valence-corrected chi connectivity index (χ3v) is 5.46. The molecule has 1 aromatic heterocycles. The summed E-state index contributed by atoms with van der Waals surface area (Å²) in [5, 5.41) is 4.33. The Hall–Kier alpha value is -2.80. The van der Waals surface area contributed by atoms with Crippen molar-refractivity contribution in [2.45, 2.75) is 25.1 Å². The highest BCUT2D eigenvalue weighted by atomic mass is 19.4. The van der Waals surface area contributed by atoms with E-state index >= 15 is 0 Å². The molecule has 1 amide bonds. The number of rotatable bonds is 5. The third-order valence-electron chi connectivity index (χ3n) is 5.46. The summed E-state index contributed by atoms with van der Waals surface area (Å²) in [6.07, 6.45) is -1.75. The third kappa shape index (κ3) is 4.15. The quantitative estimate of drug-likeness (QED) is 0.684.